The second kappa shape index (κ2) is 8.39. The Morgan fingerprint density at radius 2 is 2.04 bits per heavy atom. The molecule has 8 heteroatoms. The second-order valence-corrected chi connectivity index (χ2v) is 6.01. The Morgan fingerprint density at radius 1 is 1.20 bits per heavy atom. The molecule has 3 rings (SSSR count). The molecule has 0 radical (unpaired) electrons. The molecule has 0 atom stereocenters. The van der Waals surface area contributed by atoms with E-state index >= 15 is 0 Å². The van der Waals surface area contributed by atoms with Crippen molar-refractivity contribution in [2.45, 2.75) is 45.1 Å². The molecule has 25 heavy (non-hydrogen) atoms. The van der Waals surface area contributed by atoms with E-state index in [-0.39, 0.29) is 5.91 Å². The van der Waals surface area contributed by atoms with Crippen LogP contribution in [0.4, 0.5) is 0 Å². The number of nitrogens with one attached hydrogen (secondary N) is 2. The van der Waals surface area contributed by atoms with Crippen LogP contribution in [0.3, 0.4) is 0 Å². The SMILES string of the molecule is O=C(CCCCCCCn1cc(-c2ncnc3[nH]ccc23)cn1)NO. The predicted molar refractivity (Wildman–Crippen MR) is 92.7 cm³/mol. The molecule has 3 aromatic rings. The van der Waals surface area contributed by atoms with Crippen molar-refractivity contribution in [3.05, 3.63) is 31.0 Å². The first-order valence-corrected chi connectivity index (χ1v) is 8.52. The number of rotatable bonds is 9. The highest BCUT2D eigenvalue weighted by molar-refractivity contribution is 5.89. The van der Waals surface area contributed by atoms with Gasteiger partial charge in [0.15, 0.2) is 0 Å². The molecule has 0 saturated carbocycles. The number of amides is 1. The van der Waals surface area contributed by atoms with Crippen LogP contribution in [0.15, 0.2) is 31.0 Å². The Labute approximate surface area is 145 Å². The van der Waals surface area contributed by atoms with Crippen LogP contribution < -0.4 is 5.48 Å². The van der Waals surface area contributed by atoms with Gasteiger partial charge in [-0.15, -0.1) is 0 Å². The minimum absolute atomic E-state index is 0.315. The summed E-state index contributed by atoms with van der Waals surface area (Å²) in [6.07, 6.45) is 12.6. The van der Waals surface area contributed by atoms with E-state index in [0.29, 0.717) is 6.42 Å². The summed E-state index contributed by atoms with van der Waals surface area (Å²) in [4.78, 5) is 22.6. The van der Waals surface area contributed by atoms with Gasteiger partial charge in [0.25, 0.3) is 0 Å². The second-order valence-electron chi connectivity index (χ2n) is 6.01. The minimum Gasteiger partial charge on any atom is -0.346 e. The van der Waals surface area contributed by atoms with Gasteiger partial charge in [-0.05, 0) is 18.9 Å². The molecule has 0 spiro atoms. The third-order valence-corrected chi connectivity index (χ3v) is 4.18. The number of aryl methyl sites for hydroxylation is 1. The number of carbonyl (C=O) groups is 1. The normalized spacial score (nSPS) is 11.1. The van der Waals surface area contributed by atoms with Crippen LogP contribution in [-0.2, 0) is 11.3 Å². The van der Waals surface area contributed by atoms with Gasteiger partial charge in [0.1, 0.15) is 12.0 Å². The van der Waals surface area contributed by atoms with Gasteiger partial charge >= 0.3 is 0 Å². The van der Waals surface area contributed by atoms with Gasteiger partial charge in [-0.3, -0.25) is 14.7 Å². The molecule has 0 fully saturated rings. The van der Waals surface area contributed by atoms with Gasteiger partial charge in [0, 0.05) is 36.3 Å². The lowest BCUT2D eigenvalue weighted by Crippen LogP contribution is -2.17. The molecule has 0 saturated heterocycles. The van der Waals surface area contributed by atoms with Crippen LogP contribution in [0.5, 0.6) is 0 Å². The number of aromatic amines is 1. The van der Waals surface area contributed by atoms with E-state index in [9.17, 15) is 4.79 Å². The van der Waals surface area contributed by atoms with E-state index in [1.165, 1.54) is 0 Å². The maximum atomic E-state index is 10.9. The van der Waals surface area contributed by atoms with E-state index in [1.54, 1.807) is 11.8 Å². The number of fused-ring (bicyclic) bond motifs is 1. The Bertz CT molecular complexity index is 825. The molecule has 3 N–H and O–H groups in total. The van der Waals surface area contributed by atoms with Gasteiger partial charge in [0.2, 0.25) is 5.91 Å². The molecule has 0 bridgehead atoms. The van der Waals surface area contributed by atoms with E-state index in [0.717, 1.165) is 60.9 Å². The fraction of sp³-hybridized carbons (Fsp3) is 0.412. The summed E-state index contributed by atoms with van der Waals surface area (Å²) in [7, 11) is 0. The van der Waals surface area contributed by atoms with Gasteiger partial charge in [0.05, 0.1) is 11.9 Å². The van der Waals surface area contributed by atoms with Crippen molar-refractivity contribution in [3.8, 4) is 11.3 Å². The molecule has 0 aliphatic rings. The molecule has 0 aliphatic carbocycles. The molecule has 132 valence electrons. The maximum absolute atomic E-state index is 10.9. The highest BCUT2D eigenvalue weighted by atomic mass is 16.5. The third-order valence-electron chi connectivity index (χ3n) is 4.18. The quantitative estimate of drug-likeness (QED) is 0.315. The number of aromatic nitrogens is 5. The molecule has 3 aromatic heterocycles. The van der Waals surface area contributed by atoms with E-state index in [2.05, 4.69) is 20.1 Å². The molecular formula is C17H22N6O2. The van der Waals surface area contributed by atoms with Crippen molar-refractivity contribution in [1.82, 2.24) is 30.2 Å². The lowest BCUT2D eigenvalue weighted by molar-refractivity contribution is -0.129. The zero-order valence-corrected chi connectivity index (χ0v) is 14.0. The van der Waals surface area contributed by atoms with Crippen LogP contribution in [0, 0.1) is 0 Å². The van der Waals surface area contributed by atoms with Crippen molar-refractivity contribution < 1.29 is 10.0 Å². The smallest absolute Gasteiger partial charge is 0.243 e. The molecule has 0 unspecified atom stereocenters. The highest BCUT2D eigenvalue weighted by Gasteiger charge is 2.09. The lowest BCUT2D eigenvalue weighted by Gasteiger charge is -2.02. The van der Waals surface area contributed by atoms with E-state index < -0.39 is 0 Å². The Kier molecular flexibility index (Phi) is 5.73. The third kappa shape index (κ3) is 4.42. The molecule has 0 aromatic carbocycles. The van der Waals surface area contributed by atoms with Gasteiger partial charge in [-0.25, -0.2) is 15.4 Å². The van der Waals surface area contributed by atoms with Gasteiger partial charge in [-0.2, -0.15) is 5.10 Å². The number of unbranched alkanes of at least 4 members (excludes halogenated alkanes) is 4. The summed E-state index contributed by atoms with van der Waals surface area (Å²) in [5.74, 6) is -0.315. The van der Waals surface area contributed by atoms with Gasteiger partial charge in [-0.1, -0.05) is 19.3 Å². The highest BCUT2D eigenvalue weighted by Crippen LogP contribution is 2.24. The minimum atomic E-state index is -0.315. The molecular weight excluding hydrogens is 320 g/mol. The maximum Gasteiger partial charge on any atom is 0.243 e. The Balaban J connectivity index is 1.45. The number of hydrogen-bond donors (Lipinski definition) is 3. The van der Waals surface area contributed by atoms with Crippen LogP contribution >= 0.6 is 0 Å². The largest absolute Gasteiger partial charge is 0.346 e. The summed E-state index contributed by atoms with van der Waals surface area (Å²) in [5, 5.41) is 13.8. The molecule has 8 nitrogen and oxygen atoms in total. The van der Waals surface area contributed by atoms with Crippen molar-refractivity contribution >= 4 is 16.9 Å². The topological polar surface area (TPSA) is 109 Å². The summed E-state index contributed by atoms with van der Waals surface area (Å²) >= 11 is 0. The number of nitrogens with zero attached hydrogens (tertiary/aromatic N) is 4. The fourth-order valence-electron chi connectivity index (χ4n) is 2.86. The van der Waals surface area contributed by atoms with Crippen LogP contribution in [-0.4, -0.2) is 35.8 Å². The average molecular weight is 342 g/mol. The first kappa shape index (κ1) is 17.1. The Hall–Kier alpha value is -2.74. The molecule has 3 heterocycles. The monoisotopic (exact) mass is 342 g/mol. The van der Waals surface area contributed by atoms with Crippen LogP contribution in [0.25, 0.3) is 22.3 Å². The predicted octanol–water partition coefficient (Wildman–Crippen LogP) is 2.67. The average Bonchev–Trinajstić information content (AvgIpc) is 3.29. The Morgan fingerprint density at radius 3 is 2.92 bits per heavy atom. The molecule has 0 aliphatic heterocycles. The lowest BCUT2D eigenvalue weighted by atomic mass is 10.1. The van der Waals surface area contributed by atoms with Crippen molar-refractivity contribution in [2.24, 2.45) is 0 Å². The van der Waals surface area contributed by atoms with Crippen LogP contribution in [0.1, 0.15) is 38.5 Å². The summed E-state index contributed by atoms with van der Waals surface area (Å²) in [5.41, 5.74) is 4.36. The number of H-pyrrole nitrogens is 1. The van der Waals surface area contributed by atoms with E-state index in [1.807, 2.05) is 29.3 Å². The van der Waals surface area contributed by atoms with Crippen molar-refractivity contribution in [3.63, 3.8) is 0 Å². The summed E-state index contributed by atoms with van der Waals surface area (Å²) in [6.45, 7) is 0.860. The molecule has 1 amide bonds. The number of carbonyl (C=O) groups excluding carboxylic acids is 1. The van der Waals surface area contributed by atoms with Crippen molar-refractivity contribution in [1.29, 1.82) is 0 Å². The zero-order valence-electron chi connectivity index (χ0n) is 14.0. The summed E-state index contributed by atoms with van der Waals surface area (Å²) in [6, 6.07) is 1.97. The standard InChI is InChI=1S/C17H22N6O2/c24-15(22-25)6-4-2-1-3-5-9-23-11-13(10-21-23)16-14-7-8-18-17(14)20-12-19-16/h7-8,10-12,25H,1-6,9H2,(H,22,24)(H,18,19,20). The summed E-state index contributed by atoms with van der Waals surface area (Å²) < 4.78 is 1.94. The number of hydrogen-bond acceptors (Lipinski definition) is 5. The fourth-order valence-corrected chi connectivity index (χ4v) is 2.86. The van der Waals surface area contributed by atoms with Crippen molar-refractivity contribution in [2.75, 3.05) is 0 Å². The first-order valence-electron chi connectivity index (χ1n) is 8.52. The van der Waals surface area contributed by atoms with E-state index in [4.69, 9.17) is 5.21 Å². The van der Waals surface area contributed by atoms with Crippen LogP contribution in [0.2, 0.25) is 0 Å². The zero-order chi connectivity index (χ0) is 17.5. The first-order chi connectivity index (χ1) is 12.3. The number of hydroxylamine groups is 1. The van der Waals surface area contributed by atoms with Gasteiger partial charge < -0.3 is 4.98 Å².